The third-order valence-electron chi connectivity index (χ3n) is 2.95. The Morgan fingerprint density at radius 1 is 0.952 bits per heavy atom. The predicted octanol–water partition coefficient (Wildman–Crippen LogP) is 5.46. The lowest BCUT2D eigenvalue weighted by Crippen LogP contribution is -2.02. The molecule has 1 aliphatic carbocycles. The van der Waals surface area contributed by atoms with Gasteiger partial charge in [-0.1, -0.05) is 95.3 Å². The molecule has 0 aromatic heterocycles. The maximum absolute atomic E-state index is 10.3. The summed E-state index contributed by atoms with van der Waals surface area (Å²) in [6.07, 6.45) is 9.70. The molecule has 0 saturated carbocycles. The summed E-state index contributed by atoms with van der Waals surface area (Å²) in [7, 11) is 0. The molecule has 0 heterocycles. The first kappa shape index (κ1) is 17.5. The summed E-state index contributed by atoms with van der Waals surface area (Å²) < 4.78 is 0. The van der Waals surface area contributed by atoms with Crippen molar-refractivity contribution in [1.82, 2.24) is 0 Å². The number of aliphatic hydroxyl groups is 1. The quantitative estimate of drug-likeness (QED) is 0.764. The van der Waals surface area contributed by atoms with E-state index in [1.807, 2.05) is 48.6 Å². The van der Waals surface area contributed by atoms with Crippen LogP contribution in [0.25, 0.3) is 0 Å². The van der Waals surface area contributed by atoms with E-state index in [4.69, 9.17) is 0 Å². The molecule has 1 aromatic carbocycles. The number of rotatable bonds is 2. The Bertz CT molecular complexity index is 501. The summed E-state index contributed by atoms with van der Waals surface area (Å²) in [5.41, 5.74) is 1.91. The first-order valence-corrected chi connectivity index (χ1v) is 7.63. The van der Waals surface area contributed by atoms with Gasteiger partial charge in [0.05, 0.1) is 0 Å². The molecule has 1 unspecified atom stereocenters. The lowest BCUT2D eigenvalue weighted by Gasteiger charge is -2.14. The molecule has 1 heteroatoms. The number of hydrogen-bond acceptors (Lipinski definition) is 1. The number of benzene rings is 1. The van der Waals surface area contributed by atoms with Crippen LogP contribution in [-0.4, -0.2) is 5.11 Å². The minimum atomic E-state index is -0.550. The molecule has 1 aliphatic rings. The van der Waals surface area contributed by atoms with E-state index in [1.165, 1.54) is 0 Å². The molecule has 0 fully saturated rings. The summed E-state index contributed by atoms with van der Waals surface area (Å²) in [4.78, 5) is 0. The van der Waals surface area contributed by atoms with Gasteiger partial charge in [0, 0.05) is 5.41 Å². The van der Waals surface area contributed by atoms with Gasteiger partial charge in [0.1, 0.15) is 6.10 Å². The van der Waals surface area contributed by atoms with Crippen LogP contribution in [0.15, 0.2) is 66.3 Å². The first-order chi connectivity index (χ1) is 9.82. The Morgan fingerprint density at radius 2 is 1.52 bits per heavy atom. The molecule has 21 heavy (non-hydrogen) atoms. The zero-order valence-electron chi connectivity index (χ0n) is 13.9. The summed E-state index contributed by atoms with van der Waals surface area (Å²) in [6, 6.07) is 9.73. The van der Waals surface area contributed by atoms with Crippen LogP contribution in [-0.2, 0) is 0 Å². The Labute approximate surface area is 129 Å². The molecular formula is C20H28O. The Balaban J connectivity index is 0.000000491. The first-order valence-electron chi connectivity index (χ1n) is 7.63. The molecular weight excluding hydrogens is 256 g/mol. The average Bonchev–Trinajstić information content (AvgIpc) is 2.59. The fourth-order valence-electron chi connectivity index (χ4n) is 1.84. The van der Waals surface area contributed by atoms with Crippen LogP contribution < -0.4 is 0 Å². The topological polar surface area (TPSA) is 20.2 Å². The molecule has 0 saturated heterocycles. The third kappa shape index (κ3) is 6.59. The maximum Gasteiger partial charge on any atom is 0.104 e. The largest absolute Gasteiger partial charge is 0.384 e. The van der Waals surface area contributed by atoms with Crippen LogP contribution in [0.4, 0.5) is 0 Å². The highest BCUT2D eigenvalue weighted by Crippen LogP contribution is 2.28. The summed E-state index contributed by atoms with van der Waals surface area (Å²) in [5.74, 6) is 0.833. The molecule has 0 spiro atoms. The van der Waals surface area contributed by atoms with Crippen LogP contribution in [0, 0.1) is 11.3 Å². The van der Waals surface area contributed by atoms with E-state index in [1.54, 1.807) is 0 Å². The fraction of sp³-hybridized carbons (Fsp3) is 0.400. The van der Waals surface area contributed by atoms with E-state index in [-0.39, 0.29) is 5.41 Å². The lowest BCUT2D eigenvalue weighted by molar-refractivity contribution is 0.219. The van der Waals surface area contributed by atoms with E-state index >= 15 is 0 Å². The fourth-order valence-corrected chi connectivity index (χ4v) is 1.84. The van der Waals surface area contributed by atoms with Crippen LogP contribution in [0.2, 0.25) is 0 Å². The van der Waals surface area contributed by atoms with Crippen molar-refractivity contribution < 1.29 is 5.11 Å². The van der Waals surface area contributed by atoms with Crippen molar-refractivity contribution in [2.24, 2.45) is 11.3 Å². The Hall–Kier alpha value is -1.60. The van der Waals surface area contributed by atoms with E-state index in [0.717, 1.165) is 17.1 Å². The van der Waals surface area contributed by atoms with Gasteiger partial charge in [-0.05, 0) is 17.1 Å². The molecule has 0 bridgehead atoms. The molecule has 1 aromatic rings. The zero-order valence-corrected chi connectivity index (χ0v) is 13.9. The van der Waals surface area contributed by atoms with Gasteiger partial charge >= 0.3 is 0 Å². The third-order valence-corrected chi connectivity index (χ3v) is 2.95. The van der Waals surface area contributed by atoms with Crippen molar-refractivity contribution in [1.29, 1.82) is 0 Å². The van der Waals surface area contributed by atoms with Crippen molar-refractivity contribution in [2.45, 2.75) is 40.7 Å². The molecule has 0 amide bonds. The second kappa shape index (κ2) is 7.99. The predicted molar refractivity (Wildman–Crippen MR) is 92.1 cm³/mol. The zero-order chi connectivity index (χ0) is 15.9. The number of hydrogen-bond donors (Lipinski definition) is 1. The van der Waals surface area contributed by atoms with Crippen LogP contribution in [0.5, 0.6) is 0 Å². The smallest absolute Gasteiger partial charge is 0.104 e. The second-order valence-corrected chi connectivity index (χ2v) is 6.73. The molecule has 1 atom stereocenters. The van der Waals surface area contributed by atoms with Gasteiger partial charge in [-0.2, -0.15) is 0 Å². The van der Waals surface area contributed by atoms with Crippen molar-refractivity contribution in [3.63, 3.8) is 0 Å². The summed E-state index contributed by atoms with van der Waals surface area (Å²) in [5, 5.41) is 10.3. The van der Waals surface area contributed by atoms with E-state index < -0.39 is 6.10 Å². The Morgan fingerprint density at radius 3 is 2.10 bits per heavy atom. The van der Waals surface area contributed by atoms with Gasteiger partial charge in [-0.3, -0.25) is 0 Å². The Kier molecular flexibility index (Phi) is 6.64. The van der Waals surface area contributed by atoms with Crippen molar-refractivity contribution >= 4 is 0 Å². The van der Waals surface area contributed by atoms with Gasteiger partial charge in [0.15, 0.2) is 0 Å². The van der Waals surface area contributed by atoms with Gasteiger partial charge in [0.25, 0.3) is 0 Å². The normalized spacial score (nSPS) is 17.6. The lowest BCUT2D eigenvalue weighted by atomic mass is 9.92. The highest BCUT2D eigenvalue weighted by Gasteiger charge is 2.15. The van der Waals surface area contributed by atoms with E-state index in [0.29, 0.717) is 0 Å². The van der Waals surface area contributed by atoms with Gasteiger partial charge in [-0.15, -0.1) is 0 Å². The molecule has 0 aliphatic heterocycles. The van der Waals surface area contributed by atoms with Crippen molar-refractivity contribution in [3.05, 3.63) is 71.8 Å². The van der Waals surface area contributed by atoms with Crippen LogP contribution in [0.3, 0.4) is 0 Å². The van der Waals surface area contributed by atoms with Gasteiger partial charge < -0.3 is 5.11 Å². The molecule has 1 N–H and O–H groups in total. The SMILES string of the molecule is CC(C)C.CC1(C)C=CC=C(C(O)c2ccccc2)C=C1. The summed E-state index contributed by atoms with van der Waals surface area (Å²) in [6.45, 7) is 10.8. The molecule has 2 rings (SSSR count). The van der Waals surface area contributed by atoms with Crippen LogP contribution in [0.1, 0.15) is 46.3 Å². The van der Waals surface area contributed by atoms with Crippen molar-refractivity contribution in [3.8, 4) is 0 Å². The molecule has 1 nitrogen and oxygen atoms in total. The standard InChI is InChI=1S/C16H18O.C4H10/c1-16(2)11-6-9-14(10-12-16)15(17)13-7-4-3-5-8-13;1-4(2)3/h3-12,15,17H,1-2H3;4H,1-3H3. The summed E-state index contributed by atoms with van der Waals surface area (Å²) >= 11 is 0. The number of aliphatic hydroxyl groups excluding tert-OH is 1. The van der Waals surface area contributed by atoms with Crippen molar-refractivity contribution in [2.75, 3.05) is 0 Å². The van der Waals surface area contributed by atoms with E-state index in [2.05, 4.69) is 46.8 Å². The van der Waals surface area contributed by atoms with Gasteiger partial charge in [-0.25, -0.2) is 0 Å². The van der Waals surface area contributed by atoms with E-state index in [9.17, 15) is 5.11 Å². The maximum atomic E-state index is 10.3. The minimum absolute atomic E-state index is 0.0503. The highest BCUT2D eigenvalue weighted by molar-refractivity contribution is 5.37. The minimum Gasteiger partial charge on any atom is -0.384 e. The number of allylic oxidation sites excluding steroid dienone is 4. The highest BCUT2D eigenvalue weighted by atomic mass is 16.3. The molecule has 0 radical (unpaired) electrons. The monoisotopic (exact) mass is 284 g/mol. The molecule has 114 valence electrons. The van der Waals surface area contributed by atoms with Gasteiger partial charge in [0.2, 0.25) is 0 Å². The van der Waals surface area contributed by atoms with Crippen LogP contribution >= 0.6 is 0 Å². The second-order valence-electron chi connectivity index (χ2n) is 6.73. The average molecular weight is 284 g/mol.